The van der Waals surface area contributed by atoms with E-state index < -0.39 is 0 Å². The maximum atomic E-state index is 11.7. The zero-order chi connectivity index (χ0) is 15.0. The van der Waals surface area contributed by atoms with Crippen molar-refractivity contribution in [1.29, 1.82) is 0 Å². The van der Waals surface area contributed by atoms with Crippen molar-refractivity contribution in [3.05, 3.63) is 23.8 Å². The first kappa shape index (κ1) is 16.3. The molecule has 0 aliphatic heterocycles. The van der Waals surface area contributed by atoms with Crippen LogP contribution < -0.4 is 15.5 Å². The topological polar surface area (TPSA) is 44.4 Å². The van der Waals surface area contributed by atoms with Gasteiger partial charge in [-0.3, -0.25) is 0 Å². The minimum atomic E-state index is -0.128. The summed E-state index contributed by atoms with van der Waals surface area (Å²) in [4.78, 5) is 14.0. The molecule has 0 heterocycles. The second kappa shape index (κ2) is 8.46. The van der Waals surface area contributed by atoms with Crippen LogP contribution in [0.2, 0.25) is 0 Å². The second-order valence-electron chi connectivity index (χ2n) is 4.91. The van der Waals surface area contributed by atoms with Crippen LogP contribution in [0.1, 0.15) is 39.2 Å². The van der Waals surface area contributed by atoms with Crippen LogP contribution in [0.3, 0.4) is 0 Å². The van der Waals surface area contributed by atoms with Crippen molar-refractivity contribution >= 4 is 17.4 Å². The summed E-state index contributed by atoms with van der Waals surface area (Å²) < 4.78 is 0. The Bertz CT molecular complexity index is 428. The number of aryl methyl sites for hydroxylation is 1. The summed E-state index contributed by atoms with van der Waals surface area (Å²) in [6, 6.07) is 6.02. The summed E-state index contributed by atoms with van der Waals surface area (Å²) >= 11 is 0. The van der Waals surface area contributed by atoms with Gasteiger partial charge in [0, 0.05) is 31.0 Å². The Morgan fingerprint density at radius 3 is 2.45 bits per heavy atom. The first-order valence-corrected chi connectivity index (χ1v) is 7.52. The molecular formula is C16H27N3O. The average molecular weight is 277 g/mol. The average Bonchev–Trinajstić information content (AvgIpc) is 2.43. The number of hydrogen-bond acceptors (Lipinski definition) is 2. The predicted molar refractivity (Wildman–Crippen MR) is 86.7 cm³/mol. The fraction of sp³-hybridized carbons (Fsp3) is 0.562. The van der Waals surface area contributed by atoms with E-state index in [9.17, 15) is 4.79 Å². The Hall–Kier alpha value is -1.71. The third-order valence-corrected chi connectivity index (χ3v) is 3.40. The number of unbranched alkanes of at least 4 members (excludes halogenated alkanes) is 1. The number of rotatable bonds is 7. The Labute approximate surface area is 122 Å². The standard InChI is InChI=1S/C16H27N3O/c1-5-8-11-17-16(20)18-15-10-9-14(12-13(15)4)19(6-2)7-3/h9-10,12H,5-8,11H2,1-4H3,(H2,17,18,20). The molecule has 0 unspecified atom stereocenters. The minimum Gasteiger partial charge on any atom is -0.372 e. The molecule has 1 aromatic rings. The molecule has 0 fully saturated rings. The molecule has 20 heavy (non-hydrogen) atoms. The third kappa shape index (κ3) is 4.76. The van der Waals surface area contributed by atoms with Gasteiger partial charge in [0.15, 0.2) is 0 Å². The number of carbonyl (C=O) groups excluding carboxylic acids is 1. The molecule has 1 aromatic carbocycles. The Morgan fingerprint density at radius 1 is 1.20 bits per heavy atom. The van der Waals surface area contributed by atoms with Gasteiger partial charge in [-0.05, 0) is 51.0 Å². The van der Waals surface area contributed by atoms with E-state index >= 15 is 0 Å². The van der Waals surface area contributed by atoms with Gasteiger partial charge < -0.3 is 15.5 Å². The number of amides is 2. The molecular weight excluding hydrogens is 250 g/mol. The molecule has 2 N–H and O–H groups in total. The van der Waals surface area contributed by atoms with Crippen LogP contribution in [-0.2, 0) is 0 Å². The van der Waals surface area contributed by atoms with Crippen LogP contribution >= 0.6 is 0 Å². The lowest BCUT2D eigenvalue weighted by molar-refractivity contribution is 0.252. The third-order valence-electron chi connectivity index (χ3n) is 3.40. The number of anilines is 2. The van der Waals surface area contributed by atoms with Gasteiger partial charge in [0.1, 0.15) is 0 Å². The van der Waals surface area contributed by atoms with Crippen molar-refractivity contribution in [3.8, 4) is 0 Å². The molecule has 0 aliphatic carbocycles. The lowest BCUT2D eigenvalue weighted by atomic mass is 10.1. The van der Waals surface area contributed by atoms with E-state index in [1.807, 2.05) is 13.0 Å². The maximum Gasteiger partial charge on any atom is 0.319 e. The highest BCUT2D eigenvalue weighted by molar-refractivity contribution is 5.90. The largest absolute Gasteiger partial charge is 0.372 e. The highest BCUT2D eigenvalue weighted by Crippen LogP contribution is 2.22. The molecule has 4 nitrogen and oxygen atoms in total. The van der Waals surface area contributed by atoms with Gasteiger partial charge >= 0.3 is 6.03 Å². The smallest absolute Gasteiger partial charge is 0.319 e. The molecule has 0 bridgehead atoms. The molecule has 2 amide bonds. The normalized spacial score (nSPS) is 10.2. The monoisotopic (exact) mass is 277 g/mol. The predicted octanol–water partition coefficient (Wildman–Crippen LogP) is 3.76. The molecule has 0 radical (unpaired) electrons. The Balaban J connectivity index is 2.66. The maximum absolute atomic E-state index is 11.7. The highest BCUT2D eigenvalue weighted by Gasteiger charge is 2.07. The van der Waals surface area contributed by atoms with Crippen molar-refractivity contribution in [1.82, 2.24) is 5.32 Å². The summed E-state index contributed by atoms with van der Waals surface area (Å²) in [5.41, 5.74) is 3.15. The molecule has 0 spiro atoms. The zero-order valence-corrected chi connectivity index (χ0v) is 13.1. The molecule has 1 rings (SSSR count). The summed E-state index contributed by atoms with van der Waals surface area (Å²) in [5.74, 6) is 0. The summed E-state index contributed by atoms with van der Waals surface area (Å²) in [6.45, 7) is 11.1. The van der Waals surface area contributed by atoms with Gasteiger partial charge in [-0.1, -0.05) is 13.3 Å². The molecule has 4 heteroatoms. The number of hydrogen-bond donors (Lipinski definition) is 2. The van der Waals surface area contributed by atoms with Crippen molar-refractivity contribution in [2.45, 2.75) is 40.5 Å². The molecule has 0 atom stereocenters. The Morgan fingerprint density at radius 2 is 1.90 bits per heavy atom. The van der Waals surface area contributed by atoms with E-state index in [2.05, 4.69) is 48.4 Å². The van der Waals surface area contributed by atoms with E-state index in [-0.39, 0.29) is 6.03 Å². The Kier molecular flexibility index (Phi) is 6.91. The van der Waals surface area contributed by atoms with Crippen molar-refractivity contribution in [2.24, 2.45) is 0 Å². The van der Waals surface area contributed by atoms with Crippen molar-refractivity contribution < 1.29 is 4.79 Å². The summed E-state index contributed by atoms with van der Waals surface area (Å²) in [7, 11) is 0. The lowest BCUT2D eigenvalue weighted by Gasteiger charge is -2.22. The van der Waals surface area contributed by atoms with Crippen LogP contribution in [0, 0.1) is 6.92 Å². The number of urea groups is 1. The molecule has 0 aliphatic rings. The highest BCUT2D eigenvalue weighted by atomic mass is 16.2. The molecule has 112 valence electrons. The van der Waals surface area contributed by atoms with Crippen molar-refractivity contribution in [2.75, 3.05) is 29.9 Å². The fourth-order valence-corrected chi connectivity index (χ4v) is 2.12. The second-order valence-corrected chi connectivity index (χ2v) is 4.91. The van der Waals surface area contributed by atoms with Gasteiger partial charge in [-0.15, -0.1) is 0 Å². The summed E-state index contributed by atoms with van der Waals surface area (Å²) in [6.07, 6.45) is 2.09. The van der Waals surface area contributed by atoms with Gasteiger partial charge in [0.25, 0.3) is 0 Å². The van der Waals surface area contributed by atoms with Gasteiger partial charge in [0.05, 0.1) is 0 Å². The number of nitrogens with one attached hydrogen (secondary N) is 2. The van der Waals surface area contributed by atoms with Crippen LogP contribution in [0.5, 0.6) is 0 Å². The zero-order valence-electron chi connectivity index (χ0n) is 13.1. The number of nitrogens with zero attached hydrogens (tertiary/aromatic N) is 1. The fourth-order valence-electron chi connectivity index (χ4n) is 2.12. The quantitative estimate of drug-likeness (QED) is 0.745. The SMILES string of the molecule is CCCCNC(=O)Nc1ccc(N(CC)CC)cc1C. The van der Waals surface area contributed by atoms with E-state index in [0.29, 0.717) is 0 Å². The molecule has 0 saturated heterocycles. The van der Waals surface area contributed by atoms with Gasteiger partial charge in [-0.25, -0.2) is 4.79 Å². The van der Waals surface area contributed by atoms with Gasteiger partial charge in [-0.2, -0.15) is 0 Å². The summed E-state index contributed by atoms with van der Waals surface area (Å²) in [5, 5.41) is 5.76. The van der Waals surface area contributed by atoms with Crippen LogP contribution in [-0.4, -0.2) is 25.7 Å². The van der Waals surface area contributed by atoms with Crippen LogP contribution in [0.4, 0.5) is 16.2 Å². The van der Waals surface area contributed by atoms with Crippen LogP contribution in [0.25, 0.3) is 0 Å². The molecule has 0 saturated carbocycles. The number of carbonyl (C=O) groups is 1. The number of benzene rings is 1. The lowest BCUT2D eigenvalue weighted by Crippen LogP contribution is -2.29. The first-order valence-electron chi connectivity index (χ1n) is 7.52. The first-order chi connectivity index (χ1) is 9.62. The van der Waals surface area contributed by atoms with E-state index in [1.54, 1.807) is 0 Å². The minimum absolute atomic E-state index is 0.128. The van der Waals surface area contributed by atoms with Gasteiger partial charge in [0.2, 0.25) is 0 Å². The van der Waals surface area contributed by atoms with Crippen molar-refractivity contribution in [3.63, 3.8) is 0 Å². The molecule has 0 aromatic heterocycles. The van der Waals surface area contributed by atoms with E-state index in [1.165, 1.54) is 5.69 Å². The van der Waals surface area contributed by atoms with E-state index in [4.69, 9.17) is 0 Å². The van der Waals surface area contributed by atoms with E-state index in [0.717, 1.165) is 43.7 Å². The van der Waals surface area contributed by atoms with Crippen LogP contribution in [0.15, 0.2) is 18.2 Å².